The molecular weight excluding hydrogens is 304 g/mol. The van der Waals surface area contributed by atoms with Gasteiger partial charge in [-0.25, -0.2) is 0 Å². The number of halogens is 1. The minimum absolute atomic E-state index is 0.0802. The molecule has 1 amide bonds. The number of nitrogens with one attached hydrogen (secondary N) is 2. The van der Waals surface area contributed by atoms with E-state index in [-0.39, 0.29) is 11.9 Å². The first kappa shape index (κ1) is 14.5. The van der Waals surface area contributed by atoms with Crippen molar-refractivity contribution in [2.24, 2.45) is 0 Å². The van der Waals surface area contributed by atoms with Crippen LogP contribution in [0.3, 0.4) is 0 Å². The van der Waals surface area contributed by atoms with E-state index < -0.39 is 0 Å². The van der Waals surface area contributed by atoms with E-state index in [2.05, 4.69) is 44.8 Å². The van der Waals surface area contributed by atoms with Crippen molar-refractivity contribution in [3.8, 4) is 0 Å². The highest BCUT2D eigenvalue weighted by atomic mass is 79.9. The van der Waals surface area contributed by atoms with Crippen molar-refractivity contribution in [3.63, 3.8) is 0 Å². The topological polar surface area (TPSA) is 41.1 Å². The molecular formula is C15H21BrN2O. The summed E-state index contributed by atoms with van der Waals surface area (Å²) >= 11 is 3.51. The van der Waals surface area contributed by atoms with E-state index in [1.165, 1.54) is 11.1 Å². The highest BCUT2D eigenvalue weighted by Gasteiger charge is 2.19. The Bertz CT molecular complexity index is 459. The second kappa shape index (κ2) is 6.53. The molecule has 0 saturated carbocycles. The lowest BCUT2D eigenvalue weighted by Crippen LogP contribution is -2.43. The molecule has 0 bridgehead atoms. The average molecular weight is 325 g/mol. The summed E-state index contributed by atoms with van der Waals surface area (Å²) < 4.78 is 1.15. The average Bonchev–Trinajstić information content (AvgIpc) is 2.35. The van der Waals surface area contributed by atoms with Gasteiger partial charge in [0.05, 0.1) is 6.54 Å². The molecule has 4 heteroatoms. The van der Waals surface area contributed by atoms with E-state index in [9.17, 15) is 4.79 Å². The van der Waals surface area contributed by atoms with Crippen LogP contribution in [0.25, 0.3) is 0 Å². The maximum absolute atomic E-state index is 11.6. The zero-order valence-electron chi connectivity index (χ0n) is 11.5. The molecule has 0 fully saturated rings. The quantitative estimate of drug-likeness (QED) is 0.893. The van der Waals surface area contributed by atoms with Crippen molar-refractivity contribution in [3.05, 3.63) is 33.8 Å². The normalized spacial score (nSPS) is 18.2. The second-order valence-electron chi connectivity index (χ2n) is 5.46. The van der Waals surface area contributed by atoms with Gasteiger partial charge in [0.2, 0.25) is 5.91 Å². The van der Waals surface area contributed by atoms with Gasteiger partial charge in [0.15, 0.2) is 0 Å². The van der Waals surface area contributed by atoms with Crippen LogP contribution in [0.2, 0.25) is 0 Å². The Morgan fingerprint density at radius 1 is 1.42 bits per heavy atom. The fourth-order valence-electron chi connectivity index (χ4n) is 2.51. The number of benzene rings is 1. The fourth-order valence-corrected chi connectivity index (χ4v) is 2.92. The van der Waals surface area contributed by atoms with Gasteiger partial charge in [-0.2, -0.15) is 0 Å². The number of carbonyl (C=O) groups is 1. The number of rotatable bonds is 4. The Morgan fingerprint density at radius 3 is 2.95 bits per heavy atom. The standard InChI is InChI=1S/C15H21BrN2O/c1-10(2)18-15(19)9-17-14-6-4-11-7-13(16)5-3-12(11)8-14/h3,5,7,10,14,17H,4,6,8-9H2,1-2H3,(H,18,19). The Hall–Kier alpha value is -0.870. The number of fused-ring (bicyclic) bond motifs is 1. The largest absolute Gasteiger partial charge is 0.353 e. The first-order valence-corrected chi connectivity index (χ1v) is 7.64. The van der Waals surface area contributed by atoms with Gasteiger partial charge in [0.25, 0.3) is 0 Å². The summed E-state index contributed by atoms with van der Waals surface area (Å²) in [6.45, 7) is 4.37. The molecule has 1 aliphatic carbocycles. The lowest BCUT2D eigenvalue weighted by atomic mass is 9.88. The van der Waals surface area contributed by atoms with Crippen LogP contribution in [0.15, 0.2) is 22.7 Å². The Balaban J connectivity index is 1.85. The molecule has 0 radical (unpaired) electrons. The van der Waals surface area contributed by atoms with Gasteiger partial charge in [0, 0.05) is 16.6 Å². The van der Waals surface area contributed by atoms with E-state index in [0.717, 1.165) is 23.7 Å². The van der Waals surface area contributed by atoms with Gasteiger partial charge in [-0.3, -0.25) is 4.79 Å². The van der Waals surface area contributed by atoms with E-state index in [4.69, 9.17) is 0 Å². The fraction of sp³-hybridized carbons (Fsp3) is 0.533. The first-order valence-electron chi connectivity index (χ1n) is 6.84. The molecule has 0 spiro atoms. The smallest absolute Gasteiger partial charge is 0.234 e. The van der Waals surface area contributed by atoms with Gasteiger partial charge < -0.3 is 10.6 Å². The van der Waals surface area contributed by atoms with Crippen LogP contribution in [0.4, 0.5) is 0 Å². The maximum Gasteiger partial charge on any atom is 0.234 e. The second-order valence-corrected chi connectivity index (χ2v) is 6.37. The summed E-state index contributed by atoms with van der Waals surface area (Å²) in [6, 6.07) is 7.09. The van der Waals surface area contributed by atoms with Gasteiger partial charge in [-0.1, -0.05) is 22.0 Å². The number of hydrogen-bond acceptors (Lipinski definition) is 2. The maximum atomic E-state index is 11.6. The highest BCUT2D eigenvalue weighted by Crippen LogP contribution is 2.24. The van der Waals surface area contributed by atoms with Gasteiger partial charge in [0.1, 0.15) is 0 Å². The predicted octanol–water partition coefficient (Wildman–Crippen LogP) is 2.42. The summed E-state index contributed by atoms with van der Waals surface area (Å²) in [6.07, 6.45) is 3.19. The Kier molecular flexibility index (Phi) is 4.99. The van der Waals surface area contributed by atoms with Crippen LogP contribution < -0.4 is 10.6 Å². The van der Waals surface area contributed by atoms with Crippen LogP contribution in [0, 0.1) is 0 Å². The van der Waals surface area contributed by atoms with Crippen LogP contribution in [-0.4, -0.2) is 24.5 Å². The number of carbonyl (C=O) groups excluding carboxylic acids is 1. The monoisotopic (exact) mass is 324 g/mol. The predicted molar refractivity (Wildman–Crippen MR) is 81.2 cm³/mol. The third-order valence-corrected chi connectivity index (χ3v) is 3.89. The molecule has 1 aliphatic rings. The van der Waals surface area contributed by atoms with Crippen LogP contribution in [0.5, 0.6) is 0 Å². The van der Waals surface area contributed by atoms with Gasteiger partial charge >= 0.3 is 0 Å². The summed E-state index contributed by atoms with van der Waals surface area (Å²) in [5.41, 5.74) is 2.83. The summed E-state index contributed by atoms with van der Waals surface area (Å²) in [4.78, 5) is 11.6. The summed E-state index contributed by atoms with van der Waals surface area (Å²) in [5.74, 6) is 0.0802. The molecule has 104 valence electrons. The molecule has 1 aromatic carbocycles. The highest BCUT2D eigenvalue weighted by molar-refractivity contribution is 9.10. The molecule has 0 aliphatic heterocycles. The molecule has 0 heterocycles. The summed E-state index contributed by atoms with van der Waals surface area (Å²) in [5, 5.41) is 6.26. The lowest BCUT2D eigenvalue weighted by molar-refractivity contribution is -0.120. The third-order valence-electron chi connectivity index (χ3n) is 3.40. The third kappa shape index (κ3) is 4.32. The minimum Gasteiger partial charge on any atom is -0.353 e. The zero-order valence-corrected chi connectivity index (χ0v) is 13.1. The molecule has 2 N–H and O–H groups in total. The SMILES string of the molecule is CC(C)NC(=O)CNC1CCc2cc(Br)ccc2C1. The number of hydrogen-bond donors (Lipinski definition) is 2. The van der Waals surface area contributed by atoms with Crippen molar-refractivity contribution in [2.45, 2.75) is 45.2 Å². The van der Waals surface area contributed by atoms with Crippen LogP contribution in [-0.2, 0) is 17.6 Å². The van der Waals surface area contributed by atoms with Crippen molar-refractivity contribution in [1.29, 1.82) is 0 Å². The van der Waals surface area contributed by atoms with Crippen molar-refractivity contribution in [1.82, 2.24) is 10.6 Å². The Morgan fingerprint density at radius 2 is 2.21 bits per heavy atom. The number of aryl methyl sites for hydroxylation is 1. The van der Waals surface area contributed by atoms with Crippen molar-refractivity contribution >= 4 is 21.8 Å². The van der Waals surface area contributed by atoms with Crippen LogP contribution >= 0.6 is 15.9 Å². The summed E-state index contributed by atoms with van der Waals surface area (Å²) in [7, 11) is 0. The van der Waals surface area contributed by atoms with Gasteiger partial charge in [-0.15, -0.1) is 0 Å². The molecule has 1 atom stereocenters. The van der Waals surface area contributed by atoms with Crippen molar-refractivity contribution in [2.75, 3.05) is 6.54 Å². The van der Waals surface area contributed by atoms with E-state index >= 15 is 0 Å². The zero-order chi connectivity index (χ0) is 13.8. The van der Waals surface area contributed by atoms with Gasteiger partial charge in [-0.05, 0) is 56.4 Å². The molecule has 0 saturated heterocycles. The van der Waals surface area contributed by atoms with E-state index in [0.29, 0.717) is 12.6 Å². The van der Waals surface area contributed by atoms with E-state index in [1.54, 1.807) is 0 Å². The van der Waals surface area contributed by atoms with E-state index in [1.807, 2.05) is 13.8 Å². The molecule has 2 rings (SSSR count). The first-order chi connectivity index (χ1) is 9.04. The minimum atomic E-state index is 0.0802. The molecule has 3 nitrogen and oxygen atoms in total. The molecule has 19 heavy (non-hydrogen) atoms. The lowest BCUT2D eigenvalue weighted by Gasteiger charge is -2.25. The number of amides is 1. The molecule has 1 unspecified atom stereocenters. The molecule has 0 aromatic heterocycles. The molecule has 1 aromatic rings. The Labute approximate surface area is 123 Å². The van der Waals surface area contributed by atoms with Crippen LogP contribution in [0.1, 0.15) is 31.4 Å². The van der Waals surface area contributed by atoms with Crippen molar-refractivity contribution < 1.29 is 4.79 Å².